The molecule has 0 spiro atoms. The molecule has 0 atom stereocenters. The van der Waals surface area contributed by atoms with Crippen LogP contribution in [0.25, 0.3) is 10.9 Å². The van der Waals surface area contributed by atoms with Crippen molar-refractivity contribution in [1.82, 2.24) is 19.6 Å². The molecule has 112 valence electrons. The van der Waals surface area contributed by atoms with E-state index < -0.39 is 0 Å². The van der Waals surface area contributed by atoms with Gasteiger partial charge in [0.2, 0.25) is 0 Å². The summed E-state index contributed by atoms with van der Waals surface area (Å²) < 4.78 is 1.90. The van der Waals surface area contributed by atoms with E-state index in [2.05, 4.69) is 23.8 Å². The molecule has 3 rings (SSSR count). The topological polar surface area (TPSA) is 41.4 Å². The number of benzene rings is 1. The van der Waals surface area contributed by atoms with E-state index in [4.69, 9.17) is 0 Å². The van der Waals surface area contributed by atoms with Gasteiger partial charge < -0.3 is 9.80 Å². The quantitative estimate of drug-likeness (QED) is 0.864. The molecule has 0 saturated carbocycles. The van der Waals surface area contributed by atoms with E-state index in [0.717, 1.165) is 55.7 Å². The number of hydrogen-bond donors (Lipinski definition) is 0. The van der Waals surface area contributed by atoms with Crippen LogP contribution >= 0.6 is 0 Å². The van der Waals surface area contributed by atoms with Crippen molar-refractivity contribution in [2.45, 2.75) is 20.4 Å². The van der Waals surface area contributed by atoms with Crippen LogP contribution in [0.3, 0.4) is 0 Å². The fraction of sp³-hybridized carbons (Fsp3) is 0.500. The second-order valence-electron chi connectivity index (χ2n) is 5.48. The number of likely N-dealkylation sites (N-methyl/N-ethyl adjacent to an activating group) is 1. The van der Waals surface area contributed by atoms with Crippen molar-refractivity contribution in [1.29, 1.82) is 0 Å². The van der Waals surface area contributed by atoms with Crippen molar-refractivity contribution >= 4 is 16.8 Å². The lowest BCUT2D eigenvalue weighted by Gasteiger charge is -2.34. The number of carbonyl (C=O) groups excluding carboxylic acids is 1. The molecule has 5 heteroatoms. The SMILES string of the molecule is CCN1CCN(C(=O)c2ccc3cn(CC)nc3c2)CC1. The van der Waals surface area contributed by atoms with Crippen LogP contribution in [0.1, 0.15) is 24.2 Å². The van der Waals surface area contributed by atoms with Gasteiger partial charge in [-0.05, 0) is 25.6 Å². The highest BCUT2D eigenvalue weighted by Gasteiger charge is 2.21. The monoisotopic (exact) mass is 286 g/mol. The number of hydrogen-bond acceptors (Lipinski definition) is 3. The molecule has 1 aromatic heterocycles. The van der Waals surface area contributed by atoms with E-state index in [0.29, 0.717) is 0 Å². The van der Waals surface area contributed by atoms with E-state index in [1.807, 2.05) is 34.0 Å². The Bertz CT molecular complexity index is 641. The summed E-state index contributed by atoms with van der Waals surface area (Å²) in [5, 5.41) is 5.57. The summed E-state index contributed by atoms with van der Waals surface area (Å²) in [7, 11) is 0. The molecule has 1 aliphatic rings. The van der Waals surface area contributed by atoms with E-state index in [1.165, 1.54) is 0 Å². The number of piperazine rings is 1. The Kier molecular flexibility index (Phi) is 3.92. The summed E-state index contributed by atoms with van der Waals surface area (Å²) in [6, 6.07) is 5.82. The van der Waals surface area contributed by atoms with Gasteiger partial charge in [-0.1, -0.05) is 13.0 Å². The predicted molar refractivity (Wildman–Crippen MR) is 83.4 cm³/mol. The highest BCUT2D eigenvalue weighted by Crippen LogP contribution is 2.16. The molecule has 0 N–H and O–H groups in total. The lowest BCUT2D eigenvalue weighted by atomic mass is 10.1. The third-order valence-corrected chi connectivity index (χ3v) is 4.23. The molecule has 21 heavy (non-hydrogen) atoms. The first-order valence-electron chi connectivity index (χ1n) is 7.70. The van der Waals surface area contributed by atoms with E-state index in [1.54, 1.807) is 0 Å². The van der Waals surface area contributed by atoms with Crippen molar-refractivity contribution in [3.05, 3.63) is 30.0 Å². The Morgan fingerprint density at radius 2 is 1.90 bits per heavy atom. The molecular weight excluding hydrogens is 264 g/mol. The number of nitrogens with zero attached hydrogens (tertiary/aromatic N) is 4. The van der Waals surface area contributed by atoms with Crippen molar-refractivity contribution in [3.8, 4) is 0 Å². The summed E-state index contributed by atoms with van der Waals surface area (Å²) >= 11 is 0. The minimum absolute atomic E-state index is 0.124. The van der Waals surface area contributed by atoms with Gasteiger partial charge in [0.05, 0.1) is 5.52 Å². The molecule has 1 saturated heterocycles. The Morgan fingerprint density at radius 1 is 1.14 bits per heavy atom. The number of rotatable bonds is 3. The zero-order chi connectivity index (χ0) is 14.8. The standard InChI is InChI=1S/C16H22N4O/c1-3-18-7-9-19(10-8-18)16(21)13-5-6-14-12-20(4-2)17-15(14)11-13/h5-6,11-12H,3-4,7-10H2,1-2H3. The highest BCUT2D eigenvalue weighted by molar-refractivity contribution is 5.97. The summed E-state index contributed by atoms with van der Waals surface area (Å²) in [6.45, 7) is 9.69. The minimum atomic E-state index is 0.124. The largest absolute Gasteiger partial charge is 0.336 e. The smallest absolute Gasteiger partial charge is 0.254 e. The van der Waals surface area contributed by atoms with Gasteiger partial charge in [0.1, 0.15) is 0 Å². The normalized spacial score (nSPS) is 16.6. The van der Waals surface area contributed by atoms with Crippen LogP contribution in [0.15, 0.2) is 24.4 Å². The molecule has 1 aromatic carbocycles. The fourth-order valence-electron chi connectivity index (χ4n) is 2.81. The second-order valence-corrected chi connectivity index (χ2v) is 5.48. The highest BCUT2D eigenvalue weighted by atomic mass is 16.2. The average Bonchev–Trinajstić information content (AvgIpc) is 2.96. The van der Waals surface area contributed by atoms with E-state index in [-0.39, 0.29) is 5.91 Å². The van der Waals surface area contributed by atoms with Crippen LogP contribution in [0.4, 0.5) is 0 Å². The first-order chi connectivity index (χ1) is 10.2. The van der Waals surface area contributed by atoms with Gasteiger partial charge in [0.25, 0.3) is 5.91 Å². The van der Waals surface area contributed by atoms with Crippen LogP contribution in [0.2, 0.25) is 0 Å². The zero-order valence-electron chi connectivity index (χ0n) is 12.7. The van der Waals surface area contributed by atoms with Crippen molar-refractivity contribution in [2.75, 3.05) is 32.7 Å². The summed E-state index contributed by atoms with van der Waals surface area (Å²) in [4.78, 5) is 16.9. The third-order valence-electron chi connectivity index (χ3n) is 4.23. The number of aryl methyl sites for hydroxylation is 1. The molecule has 1 aliphatic heterocycles. The van der Waals surface area contributed by atoms with Crippen LogP contribution in [-0.4, -0.2) is 58.2 Å². The molecule has 0 radical (unpaired) electrons. The lowest BCUT2D eigenvalue weighted by molar-refractivity contribution is 0.0643. The Balaban J connectivity index is 1.78. The summed E-state index contributed by atoms with van der Waals surface area (Å²) in [5.41, 5.74) is 1.64. The Hall–Kier alpha value is -1.88. The molecule has 2 aromatic rings. The van der Waals surface area contributed by atoms with Gasteiger partial charge in [-0.2, -0.15) is 5.10 Å². The van der Waals surface area contributed by atoms with E-state index >= 15 is 0 Å². The van der Waals surface area contributed by atoms with Crippen molar-refractivity contribution in [3.63, 3.8) is 0 Å². The molecule has 0 bridgehead atoms. The maximum atomic E-state index is 12.6. The van der Waals surface area contributed by atoms with Gasteiger partial charge >= 0.3 is 0 Å². The zero-order valence-corrected chi connectivity index (χ0v) is 12.7. The molecule has 0 aliphatic carbocycles. The Morgan fingerprint density at radius 3 is 2.57 bits per heavy atom. The summed E-state index contributed by atoms with van der Waals surface area (Å²) in [6.07, 6.45) is 2.02. The molecule has 1 amide bonds. The summed E-state index contributed by atoms with van der Waals surface area (Å²) in [5.74, 6) is 0.124. The molecule has 1 fully saturated rings. The number of amides is 1. The molecule has 5 nitrogen and oxygen atoms in total. The van der Waals surface area contributed by atoms with Crippen molar-refractivity contribution < 1.29 is 4.79 Å². The predicted octanol–water partition coefficient (Wildman–Crippen LogP) is 1.83. The van der Waals surface area contributed by atoms with Gasteiger partial charge in [-0.3, -0.25) is 9.48 Å². The van der Waals surface area contributed by atoms with E-state index in [9.17, 15) is 4.79 Å². The molecule has 2 heterocycles. The second kappa shape index (κ2) is 5.85. The molecule has 0 unspecified atom stereocenters. The van der Waals surface area contributed by atoms with Gasteiger partial charge in [0.15, 0.2) is 0 Å². The number of carbonyl (C=O) groups is 1. The number of aromatic nitrogens is 2. The minimum Gasteiger partial charge on any atom is -0.336 e. The third kappa shape index (κ3) is 2.78. The van der Waals surface area contributed by atoms with Gasteiger partial charge in [-0.15, -0.1) is 0 Å². The fourth-order valence-corrected chi connectivity index (χ4v) is 2.81. The van der Waals surface area contributed by atoms with Crippen LogP contribution in [0.5, 0.6) is 0 Å². The number of fused-ring (bicyclic) bond motifs is 1. The lowest BCUT2D eigenvalue weighted by Crippen LogP contribution is -2.48. The van der Waals surface area contributed by atoms with Crippen LogP contribution in [0, 0.1) is 0 Å². The maximum Gasteiger partial charge on any atom is 0.254 e. The van der Waals surface area contributed by atoms with Gasteiger partial charge in [-0.25, -0.2) is 0 Å². The average molecular weight is 286 g/mol. The van der Waals surface area contributed by atoms with Crippen molar-refractivity contribution in [2.24, 2.45) is 0 Å². The first-order valence-corrected chi connectivity index (χ1v) is 7.70. The first kappa shape index (κ1) is 14.1. The Labute approximate surface area is 125 Å². The van der Waals surface area contributed by atoms with Gasteiger partial charge in [0, 0.05) is 49.9 Å². The van der Waals surface area contributed by atoms with Crippen LogP contribution in [-0.2, 0) is 6.54 Å². The van der Waals surface area contributed by atoms with Crippen LogP contribution < -0.4 is 0 Å². The maximum absolute atomic E-state index is 12.6. The molecular formula is C16H22N4O.